The molecule has 2 nitrogen and oxygen atoms in total. The first-order valence-corrected chi connectivity index (χ1v) is 6.67. The Hall–Kier alpha value is -1.83. The third-order valence-corrected chi connectivity index (χ3v) is 2.98. The van der Waals surface area contributed by atoms with Gasteiger partial charge in [0.1, 0.15) is 5.84 Å². The molecule has 0 radical (unpaired) electrons. The Kier molecular flexibility index (Phi) is 4.35. The molecule has 0 aromatic heterocycles. The molecule has 0 amide bonds. The van der Waals surface area contributed by atoms with Gasteiger partial charge >= 0.3 is 0 Å². The first-order valence-electron chi connectivity index (χ1n) is 6.67. The third-order valence-electron chi connectivity index (χ3n) is 2.98. The highest BCUT2D eigenvalue weighted by Gasteiger charge is 2.07. The Morgan fingerprint density at radius 2 is 1.83 bits per heavy atom. The average Bonchev–Trinajstić information content (AvgIpc) is 2.95. The lowest BCUT2D eigenvalue weighted by molar-refractivity contribution is 0.954. The van der Waals surface area contributed by atoms with Crippen LogP contribution < -0.4 is 5.32 Å². The molecule has 0 saturated heterocycles. The molecule has 0 saturated carbocycles. The van der Waals surface area contributed by atoms with E-state index in [4.69, 9.17) is 0 Å². The van der Waals surface area contributed by atoms with Gasteiger partial charge in [0.15, 0.2) is 0 Å². The molecule has 2 aromatic carbocycles. The average molecular weight is 240 g/mol. The second-order valence-electron chi connectivity index (χ2n) is 4.07. The van der Waals surface area contributed by atoms with Gasteiger partial charge in [-0.05, 0) is 16.3 Å². The summed E-state index contributed by atoms with van der Waals surface area (Å²) in [4.78, 5) is 4.44. The van der Waals surface area contributed by atoms with Gasteiger partial charge in [-0.3, -0.25) is 4.99 Å². The van der Waals surface area contributed by atoms with Crippen LogP contribution in [0.4, 0.5) is 0 Å². The van der Waals surface area contributed by atoms with E-state index in [9.17, 15) is 0 Å². The van der Waals surface area contributed by atoms with Crippen molar-refractivity contribution in [1.29, 1.82) is 0 Å². The Morgan fingerprint density at radius 3 is 2.61 bits per heavy atom. The molecule has 94 valence electrons. The molecule has 0 fully saturated rings. The standard InChI is InChI=1S/C14H14N2.C2H6/c1-2-7-13-11(4-1)5-3-6-12(13)10-14-15-8-9-16-14;1-2/h1-7H,8-10H2,(H,15,16);1-2H3. The SMILES string of the molecule is CC.c1ccc2c(CC3=NCCN3)cccc2c1. The van der Waals surface area contributed by atoms with E-state index in [1.54, 1.807) is 0 Å². The predicted molar refractivity (Wildman–Crippen MR) is 79.3 cm³/mol. The van der Waals surface area contributed by atoms with Crippen molar-refractivity contribution in [2.24, 2.45) is 4.99 Å². The van der Waals surface area contributed by atoms with Gasteiger partial charge in [0.2, 0.25) is 0 Å². The highest BCUT2D eigenvalue weighted by molar-refractivity contribution is 5.92. The first kappa shape index (κ1) is 12.6. The molecule has 2 heteroatoms. The zero-order valence-corrected chi connectivity index (χ0v) is 11.1. The molecule has 3 rings (SSSR count). The van der Waals surface area contributed by atoms with E-state index in [2.05, 4.69) is 52.8 Å². The molecule has 2 aromatic rings. The molecular formula is C16H20N2. The monoisotopic (exact) mass is 240 g/mol. The maximum absolute atomic E-state index is 4.44. The number of benzene rings is 2. The molecule has 0 atom stereocenters. The summed E-state index contributed by atoms with van der Waals surface area (Å²) in [5, 5.41) is 5.96. The van der Waals surface area contributed by atoms with Crippen LogP contribution in [-0.4, -0.2) is 18.9 Å². The molecule has 0 unspecified atom stereocenters. The zero-order valence-electron chi connectivity index (χ0n) is 11.1. The van der Waals surface area contributed by atoms with Crippen molar-refractivity contribution >= 4 is 16.6 Å². The summed E-state index contributed by atoms with van der Waals surface area (Å²) >= 11 is 0. The van der Waals surface area contributed by atoms with E-state index in [1.165, 1.54) is 16.3 Å². The lowest BCUT2D eigenvalue weighted by atomic mass is 10.0. The van der Waals surface area contributed by atoms with Crippen LogP contribution in [0.1, 0.15) is 19.4 Å². The largest absolute Gasteiger partial charge is 0.372 e. The second-order valence-corrected chi connectivity index (χ2v) is 4.07. The summed E-state index contributed by atoms with van der Waals surface area (Å²) in [7, 11) is 0. The van der Waals surface area contributed by atoms with Crippen LogP contribution in [0.2, 0.25) is 0 Å². The van der Waals surface area contributed by atoms with Gasteiger partial charge in [0.05, 0.1) is 6.54 Å². The summed E-state index contributed by atoms with van der Waals surface area (Å²) in [6, 6.07) is 15.0. The summed E-state index contributed by atoms with van der Waals surface area (Å²) in [6.45, 7) is 5.90. The number of nitrogens with zero attached hydrogens (tertiary/aromatic N) is 1. The molecule has 0 aliphatic carbocycles. The summed E-state index contributed by atoms with van der Waals surface area (Å²) in [6.07, 6.45) is 0.918. The Morgan fingerprint density at radius 1 is 1.06 bits per heavy atom. The van der Waals surface area contributed by atoms with Crippen molar-refractivity contribution < 1.29 is 0 Å². The van der Waals surface area contributed by atoms with Crippen LogP contribution >= 0.6 is 0 Å². The molecule has 1 aliphatic rings. The fraction of sp³-hybridized carbons (Fsp3) is 0.312. The Labute approximate surface area is 109 Å². The Balaban J connectivity index is 0.000000574. The predicted octanol–water partition coefficient (Wildman–Crippen LogP) is 3.41. The topological polar surface area (TPSA) is 24.4 Å². The second kappa shape index (κ2) is 6.20. The number of nitrogens with one attached hydrogen (secondary N) is 1. The summed E-state index contributed by atoms with van der Waals surface area (Å²) in [5.74, 6) is 1.12. The van der Waals surface area contributed by atoms with Crippen LogP contribution in [0, 0.1) is 0 Å². The van der Waals surface area contributed by atoms with E-state index in [0.29, 0.717) is 0 Å². The molecule has 1 N–H and O–H groups in total. The van der Waals surface area contributed by atoms with Crippen molar-refractivity contribution in [1.82, 2.24) is 5.32 Å². The van der Waals surface area contributed by atoms with Gasteiger partial charge in [-0.2, -0.15) is 0 Å². The normalized spacial score (nSPS) is 13.6. The number of fused-ring (bicyclic) bond motifs is 1. The van der Waals surface area contributed by atoms with Crippen LogP contribution in [0.3, 0.4) is 0 Å². The molecule has 0 spiro atoms. The van der Waals surface area contributed by atoms with Crippen molar-refractivity contribution in [2.75, 3.05) is 13.1 Å². The molecule has 18 heavy (non-hydrogen) atoms. The fourth-order valence-electron chi connectivity index (χ4n) is 2.19. The van der Waals surface area contributed by atoms with Crippen LogP contribution in [0.15, 0.2) is 47.5 Å². The Bertz CT molecular complexity index is 538. The van der Waals surface area contributed by atoms with Gasteiger partial charge in [-0.15, -0.1) is 0 Å². The van der Waals surface area contributed by atoms with Gasteiger partial charge in [0.25, 0.3) is 0 Å². The maximum Gasteiger partial charge on any atom is 0.101 e. The minimum atomic E-state index is 0.917. The van der Waals surface area contributed by atoms with Gasteiger partial charge < -0.3 is 5.32 Å². The number of aliphatic imine (C=N–C) groups is 1. The van der Waals surface area contributed by atoms with E-state index in [1.807, 2.05) is 13.8 Å². The fourth-order valence-corrected chi connectivity index (χ4v) is 2.19. The highest BCUT2D eigenvalue weighted by atomic mass is 15.1. The molecule has 0 bridgehead atoms. The van der Waals surface area contributed by atoms with Gasteiger partial charge in [-0.25, -0.2) is 0 Å². The molecule has 1 heterocycles. The minimum Gasteiger partial charge on any atom is -0.372 e. The van der Waals surface area contributed by atoms with E-state index < -0.39 is 0 Å². The van der Waals surface area contributed by atoms with Crippen molar-refractivity contribution in [3.8, 4) is 0 Å². The number of rotatable bonds is 2. The summed E-state index contributed by atoms with van der Waals surface area (Å²) < 4.78 is 0. The van der Waals surface area contributed by atoms with Crippen molar-refractivity contribution in [3.63, 3.8) is 0 Å². The highest BCUT2D eigenvalue weighted by Crippen LogP contribution is 2.19. The lowest BCUT2D eigenvalue weighted by Gasteiger charge is -2.06. The number of hydrogen-bond donors (Lipinski definition) is 1. The van der Waals surface area contributed by atoms with Gasteiger partial charge in [-0.1, -0.05) is 56.3 Å². The third kappa shape index (κ3) is 2.70. The van der Waals surface area contributed by atoms with E-state index in [-0.39, 0.29) is 0 Å². The molecule has 1 aliphatic heterocycles. The van der Waals surface area contributed by atoms with Crippen LogP contribution in [0.25, 0.3) is 10.8 Å². The number of hydrogen-bond acceptors (Lipinski definition) is 2. The van der Waals surface area contributed by atoms with E-state index in [0.717, 1.165) is 25.3 Å². The first-order chi connectivity index (χ1) is 8.93. The minimum absolute atomic E-state index is 0.917. The van der Waals surface area contributed by atoms with E-state index >= 15 is 0 Å². The lowest BCUT2D eigenvalue weighted by Crippen LogP contribution is -2.20. The van der Waals surface area contributed by atoms with Crippen LogP contribution in [0.5, 0.6) is 0 Å². The van der Waals surface area contributed by atoms with Crippen molar-refractivity contribution in [2.45, 2.75) is 20.3 Å². The van der Waals surface area contributed by atoms with Crippen molar-refractivity contribution in [3.05, 3.63) is 48.0 Å². The van der Waals surface area contributed by atoms with Gasteiger partial charge in [0, 0.05) is 13.0 Å². The smallest absolute Gasteiger partial charge is 0.101 e. The molecular weight excluding hydrogens is 220 g/mol. The van der Waals surface area contributed by atoms with Crippen LogP contribution in [-0.2, 0) is 6.42 Å². The zero-order chi connectivity index (χ0) is 12.8. The number of amidine groups is 1. The maximum atomic E-state index is 4.44. The summed E-state index contributed by atoms with van der Waals surface area (Å²) in [5.41, 5.74) is 1.35. The quantitative estimate of drug-likeness (QED) is 0.854.